The molecular formula is C18H25FO3. The van der Waals surface area contributed by atoms with Gasteiger partial charge in [-0.25, -0.2) is 4.39 Å². The highest BCUT2D eigenvalue weighted by Crippen LogP contribution is 2.49. The number of ether oxygens (including phenoxy) is 2. The van der Waals surface area contributed by atoms with Crippen molar-refractivity contribution in [3.05, 3.63) is 29.8 Å². The van der Waals surface area contributed by atoms with Gasteiger partial charge in [0.1, 0.15) is 11.4 Å². The number of rotatable bonds is 3. The maximum absolute atomic E-state index is 15.6. The Morgan fingerprint density at radius 3 is 2.64 bits per heavy atom. The van der Waals surface area contributed by atoms with Crippen molar-refractivity contribution >= 4 is 0 Å². The first-order valence-electron chi connectivity index (χ1n) is 8.24. The van der Waals surface area contributed by atoms with Crippen LogP contribution in [-0.4, -0.2) is 30.1 Å². The monoisotopic (exact) mass is 308 g/mol. The van der Waals surface area contributed by atoms with Crippen LogP contribution in [0.1, 0.15) is 56.6 Å². The van der Waals surface area contributed by atoms with E-state index in [-0.39, 0.29) is 18.9 Å². The summed E-state index contributed by atoms with van der Waals surface area (Å²) in [6.07, 6.45) is 4.12. The predicted molar refractivity (Wildman–Crippen MR) is 82.8 cm³/mol. The molecule has 1 saturated carbocycles. The van der Waals surface area contributed by atoms with Crippen LogP contribution >= 0.6 is 0 Å². The summed E-state index contributed by atoms with van der Waals surface area (Å²) >= 11 is 0. The molecule has 1 aromatic carbocycles. The molecule has 3 nitrogen and oxygen atoms in total. The molecule has 1 aromatic rings. The fraction of sp³-hybridized carbons (Fsp3) is 0.667. The maximum atomic E-state index is 15.6. The highest BCUT2D eigenvalue weighted by atomic mass is 19.1. The van der Waals surface area contributed by atoms with E-state index in [1.54, 1.807) is 7.11 Å². The lowest BCUT2D eigenvalue weighted by Crippen LogP contribution is -2.55. The van der Waals surface area contributed by atoms with Crippen LogP contribution in [0.5, 0.6) is 5.75 Å². The van der Waals surface area contributed by atoms with Gasteiger partial charge in [-0.05, 0) is 18.9 Å². The van der Waals surface area contributed by atoms with Gasteiger partial charge >= 0.3 is 0 Å². The molecule has 0 radical (unpaired) electrons. The van der Waals surface area contributed by atoms with Crippen molar-refractivity contribution < 1.29 is 19.0 Å². The predicted octanol–water partition coefficient (Wildman–Crippen LogP) is 3.95. The zero-order chi connectivity index (χ0) is 15.6. The van der Waals surface area contributed by atoms with E-state index in [4.69, 9.17) is 9.47 Å². The quantitative estimate of drug-likeness (QED) is 0.919. The molecule has 0 aromatic heterocycles. The minimum Gasteiger partial charge on any atom is -0.496 e. The summed E-state index contributed by atoms with van der Waals surface area (Å²) in [5.41, 5.74) is -1.90. The van der Waals surface area contributed by atoms with Crippen LogP contribution in [0.2, 0.25) is 0 Å². The van der Waals surface area contributed by atoms with Crippen LogP contribution in [0.4, 0.5) is 4.39 Å². The summed E-state index contributed by atoms with van der Waals surface area (Å²) in [5.74, 6) is 0.715. The molecule has 2 aliphatic rings. The SMILES string of the molecule is COc1ccccc1C1CC(F)(C2(O)CCCCC2)CCO1. The molecule has 2 fully saturated rings. The normalized spacial score (nSPS) is 31.7. The highest BCUT2D eigenvalue weighted by Gasteiger charge is 2.54. The summed E-state index contributed by atoms with van der Waals surface area (Å²) in [6, 6.07) is 7.58. The van der Waals surface area contributed by atoms with Crippen LogP contribution in [-0.2, 0) is 4.74 Å². The molecule has 1 heterocycles. The van der Waals surface area contributed by atoms with E-state index in [1.165, 1.54) is 0 Å². The van der Waals surface area contributed by atoms with E-state index in [0.717, 1.165) is 24.8 Å². The van der Waals surface area contributed by atoms with Gasteiger partial charge in [0.15, 0.2) is 0 Å². The summed E-state index contributed by atoms with van der Waals surface area (Å²) in [7, 11) is 1.61. The third-order valence-corrected chi connectivity index (χ3v) is 5.33. The molecule has 22 heavy (non-hydrogen) atoms. The first-order chi connectivity index (χ1) is 10.6. The van der Waals surface area contributed by atoms with E-state index < -0.39 is 11.3 Å². The van der Waals surface area contributed by atoms with Crippen molar-refractivity contribution in [2.45, 2.75) is 62.3 Å². The van der Waals surface area contributed by atoms with Crippen LogP contribution in [0, 0.1) is 0 Å². The second-order valence-corrected chi connectivity index (χ2v) is 6.61. The number of aliphatic hydroxyl groups is 1. The van der Waals surface area contributed by atoms with Crippen LogP contribution < -0.4 is 4.74 Å². The number of hydrogen-bond donors (Lipinski definition) is 1. The van der Waals surface area contributed by atoms with Crippen molar-refractivity contribution in [3.8, 4) is 5.75 Å². The maximum Gasteiger partial charge on any atom is 0.144 e. The Hall–Kier alpha value is -1.13. The van der Waals surface area contributed by atoms with Gasteiger partial charge in [-0.3, -0.25) is 0 Å². The fourth-order valence-corrected chi connectivity index (χ4v) is 3.96. The third kappa shape index (κ3) is 2.74. The fourth-order valence-electron chi connectivity index (χ4n) is 3.96. The van der Waals surface area contributed by atoms with E-state index in [1.807, 2.05) is 24.3 Å². The molecule has 2 atom stereocenters. The molecule has 122 valence electrons. The van der Waals surface area contributed by atoms with Gasteiger partial charge in [-0.15, -0.1) is 0 Å². The van der Waals surface area contributed by atoms with Gasteiger partial charge in [0.2, 0.25) is 0 Å². The standard InChI is InChI=1S/C18H25FO3/c1-21-15-8-4-3-7-14(15)16-13-17(19,11-12-22-16)18(20)9-5-2-6-10-18/h3-4,7-8,16,20H,2,5-6,9-13H2,1H3. The first kappa shape index (κ1) is 15.8. The molecule has 0 amide bonds. The second kappa shape index (κ2) is 6.17. The summed E-state index contributed by atoms with van der Waals surface area (Å²) in [6.45, 7) is 0.335. The van der Waals surface area contributed by atoms with Crippen molar-refractivity contribution in [2.24, 2.45) is 0 Å². The van der Waals surface area contributed by atoms with Crippen molar-refractivity contribution in [3.63, 3.8) is 0 Å². The smallest absolute Gasteiger partial charge is 0.144 e. The Labute approximate surface area is 131 Å². The average Bonchev–Trinajstić information content (AvgIpc) is 2.55. The Kier molecular flexibility index (Phi) is 4.42. The van der Waals surface area contributed by atoms with Gasteiger partial charge in [-0.2, -0.15) is 0 Å². The second-order valence-electron chi connectivity index (χ2n) is 6.61. The molecular weight excluding hydrogens is 283 g/mol. The van der Waals surface area contributed by atoms with E-state index in [2.05, 4.69) is 0 Å². The third-order valence-electron chi connectivity index (χ3n) is 5.33. The van der Waals surface area contributed by atoms with Gasteiger partial charge in [0.05, 0.1) is 25.4 Å². The molecule has 2 unspecified atom stereocenters. The lowest BCUT2D eigenvalue weighted by atomic mass is 9.69. The summed E-state index contributed by atoms with van der Waals surface area (Å²) < 4.78 is 26.8. The van der Waals surface area contributed by atoms with Crippen molar-refractivity contribution in [1.82, 2.24) is 0 Å². The van der Waals surface area contributed by atoms with Crippen LogP contribution in [0.15, 0.2) is 24.3 Å². The lowest BCUT2D eigenvalue weighted by molar-refractivity contribution is -0.180. The zero-order valence-corrected chi connectivity index (χ0v) is 13.2. The molecule has 1 saturated heterocycles. The molecule has 1 N–H and O–H groups in total. The van der Waals surface area contributed by atoms with Gasteiger partial charge in [0, 0.05) is 18.4 Å². The van der Waals surface area contributed by atoms with Crippen LogP contribution in [0.25, 0.3) is 0 Å². The van der Waals surface area contributed by atoms with Crippen molar-refractivity contribution in [2.75, 3.05) is 13.7 Å². The van der Waals surface area contributed by atoms with Crippen molar-refractivity contribution in [1.29, 1.82) is 0 Å². The molecule has 4 heteroatoms. The largest absolute Gasteiger partial charge is 0.496 e. The van der Waals surface area contributed by atoms with Gasteiger partial charge in [-0.1, -0.05) is 37.5 Å². The van der Waals surface area contributed by atoms with E-state index in [9.17, 15) is 5.11 Å². The Morgan fingerprint density at radius 2 is 1.91 bits per heavy atom. The molecule has 3 rings (SSSR count). The number of methoxy groups -OCH3 is 1. The molecule has 1 aliphatic carbocycles. The summed E-state index contributed by atoms with van der Waals surface area (Å²) in [5, 5.41) is 10.9. The Balaban J connectivity index is 1.84. The summed E-state index contributed by atoms with van der Waals surface area (Å²) in [4.78, 5) is 0. The van der Waals surface area contributed by atoms with Crippen LogP contribution in [0.3, 0.4) is 0 Å². The van der Waals surface area contributed by atoms with E-state index in [0.29, 0.717) is 25.2 Å². The number of halogens is 1. The molecule has 0 spiro atoms. The first-order valence-corrected chi connectivity index (χ1v) is 8.24. The number of hydrogen-bond acceptors (Lipinski definition) is 3. The lowest BCUT2D eigenvalue weighted by Gasteiger charge is -2.47. The highest BCUT2D eigenvalue weighted by molar-refractivity contribution is 5.35. The minimum atomic E-state index is -1.57. The Morgan fingerprint density at radius 1 is 1.18 bits per heavy atom. The topological polar surface area (TPSA) is 38.7 Å². The minimum absolute atomic E-state index is 0.198. The Bertz CT molecular complexity index is 513. The number of benzene rings is 1. The molecule has 1 aliphatic heterocycles. The zero-order valence-electron chi connectivity index (χ0n) is 13.2. The number of alkyl halides is 1. The van der Waals surface area contributed by atoms with E-state index >= 15 is 4.39 Å². The number of para-hydroxylation sites is 1. The molecule has 0 bridgehead atoms. The van der Waals surface area contributed by atoms with Gasteiger partial charge in [0.25, 0.3) is 0 Å². The average molecular weight is 308 g/mol. The van der Waals surface area contributed by atoms with Gasteiger partial charge < -0.3 is 14.6 Å².